The van der Waals surface area contributed by atoms with E-state index in [0.29, 0.717) is 41.2 Å². The van der Waals surface area contributed by atoms with Gasteiger partial charge in [-0.2, -0.15) is 0 Å². The summed E-state index contributed by atoms with van der Waals surface area (Å²) in [4.78, 5) is 15.7. The van der Waals surface area contributed by atoms with Crippen LogP contribution in [0, 0.1) is 0 Å². The summed E-state index contributed by atoms with van der Waals surface area (Å²) in [6.07, 6.45) is 3.88. The van der Waals surface area contributed by atoms with Gasteiger partial charge in [0, 0.05) is 18.8 Å². The van der Waals surface area contributed by atoms with Gasteiger partial charge in [-0.15, -0.1) is 0 Å². The van der Waals surface area contributed by atoms with E-state index in [9.17, 15) is 4.79 Å². The third-order valence-electron chi connectivity index (χ3n) is 3.08. The van der Waals surface area contributed by atoms with Gasteiger partial charge < -0.3 is 9.47 Å². The molecule has 0 atom stereocenters. The molecule has 0 aliphatic carbocycles. The van der Waals surface area contributed by atoms with Crippen LogP contribution in [0.1, 0.15) is 22.3 Å². The molecule has 20 heavy (non-hydrogen) atoms. The normalized spacial score (nSPS) is 13.6. The molecule has 0 spiro atoms. The summed E-state index contributed by atoms with van der Waals surface area (Å²) in [7, 11) is 0. The molecule has 0 saturated carbocycles. The molecule has 1 aliphatic rings. The Labute approximate surface area is 124 Å². The molecule has 0 fully saturated rings. The lowest BCUT2D eigenvalue weighted by atomic mass is 10.1. The number of carbonyl (C=O) groups is 1. The van der Waals surface area contributed by atoms with Crippen LogP contribution in [0.25, 0.3) is 0 Å². The lowest BCUT2D eigenvalue weighted by Crippen LogP contribution is -2.15. The van der Waals surface area contributed by atoms with Crippen LogP contribution in [0.2, 0.25) is 0 Å². The van der Waals surface area contributed by atoms with E-state index in [4.69, 9.17) is 9.47 Å². The number of hydrogen-bond donors (Lipinski definition) is 0. The van der Waals surface area contributed by atoms with Gasteiger partial charge in [-0.25, -0.2) is 0 Å². The second-order valence-electron chi connectivity index (χ2n) is 4.42. The molecule has 0 unspecified atom stereocenters. The van der Waals surface area contributed by atoms with Gasteiger partial charge in [0.05, 0.1) is 12.2 Å². The van der Waals surface area contributed by atoms with Crippen molar-refractivity contribution >= 4 is 21.7 Å². The predicted molar refractivity (Wildman–Crippen MR) is 77.2 cm³/mol. The highest BCUT2D eigenvalue weighted by Gasteiger charge is 2.23. The van der Waals surface area contributed by atoms with E-state index in [-0.39, 0.29) is 5.78 Å². The van der Waals surface area contributed by atoms with E-state index >= 15 is 0 Å². The molecule has 1 aliphatic heterocycles. The third kappa shape index (κ3) is 2.54. The molecule has 0 saturated heterocycles. The molecule has 0 N–H and O–H groups in total. The number of rotatable bonds is 3. The monoisotopic (exact) mass is 333 g/mol. The molecular formula is C15H12BrNO3. The average Bonchev–Trinajstić information content (AvgIpc) is 2.48. The van der Waals surface area contributed by atoms with Gasteiger partial charge in [-0.3, -0.25) is 9.78 Å². The highest BCUT2D eigenvalue weighted by molar-refractivity contribution is 9.10. The Morgan fingerprint density at radius 2 is 2.05 bits per heavy atom. The first kappa shape index (κ1) is 13.1. The number of carbonyl (C=O) groups excluding carboxylic acids is 1. The molecule has 0 bridgehead atoms. The second kappa shape index (κ2) is 5.63. The molecule has 2 heterocycles. The molecule has 4 nitrogen and oxygen atoms in total. The summed E-state index contributed by atoms with van der Waals surface area (Å²) in [6.45, 7) is 0.853. The van der Waals surface area contributed by atoms with Crippen LogP contribution >= 0.6 is 15.9 Å². The fourth-order valence-corrected chi connectivity index (χ4v) is 2.61. The number of hydrogen-bond acceptors (Lipinski definition) is 4. The number of benzene rings is 1. The Kier molecular flexibility index (Phi) is 3.69. The Balaban J connectivity index is 1.83. The molecular weight excluding hydrogens is 322 g/mol. The van der Waals surface area contributed by atoms with Gasteiger partial charge in [-0.05, 0) is 45.8 Å². The zero-order valence-corrected chi connectivity index (χ0v) is 12.2. The summed E-state index contributed by atoms with van der Waals surface area (Å²) < 4.78 is 12.0. The second-order valence-corrected chi connectivity index (χ2v) is 5.21. The number of aromatic nitrogens is 1. The minimum Gasteiger partial charge on any atom is -0.491 e. The van der Waals surface area contributed by atoms with E-state index in [1.54, 1.807) is 24.5 Å². The maximum absolute atomic E-state index is 11.8. The van der Waals surface area contributed by atoms with Gasteiger partial charge in [0.2, 0.25) is 0 Å². The van der Waals surface area contributed by atoms with Crippen molar-refractivity contribution < 1.29 is 14.3 Å². The lowest BCUT2D eigenvalue weighted by molar-refractivity contribution is 0.0932. The SMILES string of the molecule is O=C1CCOc2c1ccc(OCc1ccncc1)c2Br. The fourth-order valence-electron chi connectivity index (χ4n) is 2.03. The number of pyridine rings is 1. The highest BCUT2D eigenvalue weighted by atomic mass is 79.9. The summed E-state index contributed by atoms with van der Waals surface area (Å²) in [5, 5.41) is 0. The van der Waals surface area contributed by atoms with E-state index in [1.165, 1.54) is 0 Å². The molecule has 0 radical (unpaired) electrons. The van der Waals surface area contributed by atoms with Crippen molar-refractivity contribution in [1.29, 1.82) is 0 Å². The third-order valence-corrected chi connectivity index (χ3v) is 3.83. The Hall–Kier alpha value is -1.88. The smallest absolute Gasteiger partial charge is 0.170 e. The largest absolute Gasteiger partial charge is 0.491 e. The summed E-state index contributed by atoms with van der Waals surface area (Å²) in [6, 6.07) is 7.33. The van der Waals surface area contributed by atoms with Crippen LogP contribution in [-0.4, -0.2) is 17.4 Å². The van der Waals surface area contributed by atoms with Crippen molar-refractivity contribution in [2.45, 2.75) is 13.0 Å². The van der Waals surface area contributed by atoms with Crippen LogP contribution in [-0.2, 0) is 6.61 Å². The van der Waals surface area contributed by atoms with E-state index < -0.39 is 0 Å². The molecule has 102 valence electrons. The maximum Gasteiger partial charge on any atom is 0.170 e. The zero-order valence-electron chi connectivity index (χ0n) is 10.6. The van der Waals surface area contributed by atoms with Gasteiger partial charge in [0.25, 0.3) is 0 Å². The highest BCUT2D eigenvalue weighted by Crippen LogP contribution is 2.39. The number of fused-ring (bicyclic) bond motifs is 1. The van der Waals surface area contributed by atoms with Crippen molar-refractivity contribution in [1.82, 2.24) is 4.98 Å². The first-order valence-electron chi connectivity index (χ1n) is 6.26. The number of ether oxygens (including phenoxy) is 2. The van der Waals surface area contributed by atoms with Crippen LogP contribution in [0.15, 0.2) is 41.1 Å². The first-order chi connectivity index (χ1) is 9.75. The fraction of sp³-hybridized carbons (Fsp3) is 0.200. The summed E-state index contributed by atoms with van der Waals surface area (Å²) in [5.41, 5.74) is 1.64. The molecule has 1 aromatic carbocycles. The minimum absolute atomic E-state index is 0.104. The number of nitrogens with zero attached hydrogens (tertiary/aromatic N) is 1. The van der Waals surface area contributed by atoms with Crippen LogP contribution < -0.4 is 9.47 Å². The van der Waals surface area contributed by atoms with Crippen molar-refractivity contribution in [3.63, 3.8) is 0 Å². The Morgan fingerprint density at radius 1 is 1.25 bits per heavy atom. The quantitative estimate of drug-likeness (QED) is 0.863. The van der Waals surface area contributed by atoms with Crippen LogP contribution in [0.3, 0.4) is 0 Å². The topological polar surface area (TPSA) is 48.4 Å². The lowest BCUT2D eigenvalue weighted by Gasteiger charge is -2.19. The van der Waals surface area contributed by atoms with E-state index in [1.807, 2.05) is 12.1 Å². The molecule has 0 amide bonds. The molecule has 5 heteroatoms. The van der Waals surface area contributed by atoms with Gasteiger partial charge in [0.15, 0.2) is 5.78 Å². The average molecular weight is 334 g/mol. The van der Waals surface area contributed by atoms with Gasteiger partial charge >= 0.3 is 0 Å². The maximum atomic E-state index is 11.8. The zero-order chi connectivity index (χ0) is 13.9. The molecule has 3 rings (SSSR count). The Bertz CT molecular complexity index is 643. The first-order valence-corrected chi connectivity index (χ1v) is 7.05. The van der Waals surface area contributed by atoms with Crippen molar-refractivity contribution in [3.05, 3.63) is 52.3 Å². The van der Waals surface area contributed by atoms with Crippen LogP contribution in [0.4, 0.5) is 0 Å². The standard InChI is InChI=1S/C15H12BrNO3/c16-14-13(20-9-10-3-6-17-7-4-10)2-1-11-12(18)5-8-19-15(11)14/h1-4,6-7H,5,8-9H2. The van der Waals surface area contributed by atoms with Crippen molar-refractivity contribution in [3.8, 4) is 11.5 Å². The van der Waals surface area contributed by atoms with Gasteiger partial charge in [0.1, 0.15) is 22.6 Å². The van der Waals surface area contributed by atoms with Crippen molar-refractivity contribution in [2.24, 2.45) is 0 Å². The van der Waals surface area contributed by atoms with Gasteiger partial charge in [-0.1, -0.05) is 0 Å². The number of halogens is 1. The predicted octanol–water partition coefficient (Wildman–Crippen LogP) is 3.39. The van der Waals surface area contributed by atoms with E-state index in [0.717, 1.165) is 5.56 Å². The number of ketones is 1. The minimum atomic E-state index is 0.104. The molecule has 1 aromatic heterocycles. The van der Waals surface area contributed by atoms with Crippen molar-refractivity contribution in [2.75, 3.05) is 6.61 Å². The molecule has 2 aromatic rings. The Morgan fingerprint density at radius 3 is 2.85 bits per heavy atom. The van der Waals surface area contributed by atoms with Crippen LogP contribution in [0.5, 0.6) is 11.5 Å². The van der Waals surface area contributed by atoms with E-state index in [2.05, 4.69) is 20.9 Å². The summed E-state index contributed by atoms with van der Waals surface area (Å²) in [5.74, 6) is 1.34. The summed E-state index contributed by atoms with van der Waals surface area (Å²) >= 11 is 3.45. The number of Topliss-reactive ketones (excluding diaryl/α,β-unsaturated/α-hetero) is 1.